The molecule has 5 nitrogen and oxygen atoms in total. The van der Waals surface area contributed by atoms with Crippen molar-refractivity contribution in [3.8, 4) is 11.3 Å². The van der Waals surface area contributed by atoms with Crippen LogP contribution in [0.2, 0.25) is 5.02 Å². The van der Waals surface area contributed by atoms with Gasteiger partial charge >= 0.3 is 0 Å². The first-order chi connectivity index (χ1) is 10.1. The van der Waals surface area contributed by atoms with E-state index in [1.165, 1.54) is 0 Å². The van der Waals surface area contributed by atoms with Crippen LogP contribution in [-0.4, -0.2) is 14.5 Å². The molecule has 0 spiro atoms. The molecule has 3 aromatic rings. The van der Waals surface area contributed by atoms with Gasteiger partial charge in [-0.25, -0.2) is 4.98 Å². The van der Waals surface area contributed by atoms with Gasteiger partial charge < -0.3 is 5.11 Å². The van der Waals surface area contributed by atoms with Gasteiger partial charge in [0.1, 0.15) is 11.3 Å². The van der Waals surface area contributed by atoms with E-state index >= 15 is 0 Å². The number of halogens is 1. The lowest BCUT2D eigenvalue weighted by molar-refractivity contribution is 0.282. The van der Waals surface area contributed by atoms with Crippen LogP contribution in [0.15, 0.2) is 41.7 Å². The smallest absolute Gasteiger partial charge is 0.209 e. The average molecular weight is 302 g/mol. The van der Waals surface area contributed by atoms with E-state index in [-0.39, 0.29) is 12.4 Å². The van der Waals surface area contributed by atoms with Gasteiger partial charge in [-0.05, 0) is 47.5 Å². The van der Waals surface area contributed by atoms with Crippen molar-refractivity contribution in [2.24, 2.45) is 5.18 Å². The minimum absolute atomic E-state index is 0.0846. The largest absolute Gasteiger partial charge is 0.392 e. The highest BCUT2D eigenvalue weighted by Gasteiger charge is 2.17. The number of aliphatic hydroxyl groups excluding tert-OH is 1. The van der Waals surface area contributed by atoms with Gasteiger partial charge in [-0.2, -0.15) is 0 Å². The molecule has 0 amide bonds. The molecule has 1 aromatic carbocycles. The highest BCUT2D eigenvalue weighted by molar-refractivity contribution is 6.30. The van der Waals surface area contributed by atoms with Gasteiger partial charge in [-0.1, -0.05) is 17.7 Å². The third kappa shape index (κ3) is 2.30. The summed E-state index contributed by atoms with van der Waals surface area (Å²) in [5.74, 6) is 0.222. The second kappa shape index (κ2) is 5.27. The van der Waals surface area contributed by atoms with Gasteiger partial charge in [0, 0.05) is 16.8 Å². The van der Waals surface area contributed by atoms with E-state index in [0.717, 1.165) is 16.7 Å². The third-order valence-electron chi connectivity index (χ3n) is 3.39. The van der Waals surface area contributed by atoms with Crippen molar-refractivity contribution in [2.75, 3.05) is 0 Å². The number of imidazole rings is 1. The van der Waals surface area contributed by atoms with Crippen molar-refractivity contribution in [3.05, 3.63) is 57.6 Å². The van der Waals surface area contributed by atoms with Crippen molar-refractivity contribution in [3.63, 3.8) is 0 Å². The fourth-order valence-corrected chi connectivity index (χ4v) is 2.46. The Labute approximate surface area is 125 Å². The van der Waals surface area contributed by atoms with Gasteiger partial charge in [-0.3, -0.25) is 4.40 Å². The Bertz CT molecular complexity index is 842. The molecule has 1 N–H and O–H groups in total. The summed E-state index contributed by atoms with van der Waals surface area (Å²) in [5, 5.41) is 12.9. The Morgan fingerprint density at radius 1 is 1.33 bits per heavy atom. The zero-order valence-electron chi connectivity index (χ0n) is 11.2. The number of pyridine rings is 1. The summed E-state index contributed by atoms with van der Waals surface area (Å²) in [5.41, 5.74) is 3.49. The average Bonchev–Trinajstić information content (AvgIpc) is 2.86. The van der Waals surface area contributed by atoms with E-state index in [2.05, 4.69) is 10.2 Å². The van der Waals surface area contributed by atoms with Crippen LogP contribution in [0.4, 0.5) is 5.82 Å². The number of aromatic nitrogens is 2. The molecule has 0 unspecified atom stereocenters. The van der Waals surface area contributed by atoms with Crippen molar-refractivity contribution in [1.29, 1.82) is 0 Å². The Kier molecular flexibility index (Phi) is 3.45. The quantitative estimate of drug-likeness (QED) is 0.747. The molecule has 0 saturated carbocycles. The Hall–Kier alpha value is -2.24. The van der Waals surface area contributed by atoms with E-state index in [9.17, 15) is 10.0 Å². The van der Waals surface area contributed by atoms with Crippen LogP contribution in [0.3, 0.4) is 0 Å². The molecule has 0 aliphatic carbocycles. The maximum absolute atomic E-state index is 11.2. The van der Waals surface area contributed by atoms with E-state index in [1.807, 2.05) is 13.0 Å². The molecular weight excluding hydrogens is 290 g/mol. The fourth-order valence-electron chi connectivity index (χ4n) is 2.29. The monoisotopic (exact) mass is 301 g/mol. The van der Waals surface area contributed by atoms with Crippen LogP contribution in [0.1, 0.15) is 11.1 Å². The summed E-state index contributed by atoms with van der Waals surface area (Å²) in [4.78, 5) is 15.7. The minimum Gasteiger partial charge on any atom is -0.392 e. The van der Waals surface area contributed by atoms with Gasteiger partial charge in [0.15, 0.2) is 0 Å². The lowest BCUT2D eigenvalue weighted by atomic mass is 10.1. The molecule has 21 heavy (non-hydrogen) atoms. The van der Waals surface area contributed by atoms with Crippen LogP contribution in [0.5, 0.6) is 0 Å². The van der Waals surface area contributed by atoms with E-state index < -0.39 is 0 Å². The molecule has 0 bridgehead atoms. The standard InChI is InChI=1S/C15H12ClN3O2/c1-9-2-3-11(16)7-12(9)14-15(18-21)19-5-4-10(8-20)6-13(19)17-14/h2-7,20H,8H2,1H3. The Balaban J connectivity index is 2.31. The summed E-state index contributed by atoms with van der Waals surface area (Å²) in [7, 11) is 0. The molecule has 106 valence electrons. The number of hydrogen-bond acceptors (Lipinski definition) is 4. The molecule has 0 atom stereocenters. The summed E-state index contributed by atoms with van der Waals surface area (Å²) in [6, 6.07) is 8.86. The first kappa shape index (κ1) is 13.7. The molecule has 2 aromatic heterocycles. The lowest BCUT2D eigenvalue weighted by Crippen LogP contribution is -1.88. The van der Waals surface area contributed by atoms with Gasteiger partial charge in [0.2, 0.25) is 5.82 Å². The molecule has 3 rings (SSSR count). The van der Waals surface area contributed by atoms with Gasteiger partial charge in [0.25, 0.3) is 0 Å². The normalized spacial score (nSPS) is 11.0. The van der Waals surface area contributed by atoms with Crippen LogP contribution >= 0.6 is 11.6 Å². The second-order valence-corrected chi connectivity index (χ2v) is 5.19. The molecule has 6 heteroatoms. The fraction of sp³-hybridized carbons (Fsp3) is 0.133. The maximum atomic E-state index is 11.2. The van der Waals surface area contributed by atoms with Crippen LogP contribution in [-0.2, 0) is 6.61 Å². The summed E-state index contributed by atoms with van der Waals surface area (Å²) in [6.45, 7) is 1.84. The number of hydrogen-bond donors (Lipinski definition) is 1. The number of nitrogens with zero attached hydrogens (tertiary/aromatic N) is 3. The number of rotatable bonds is 3. The number of aliphatic hydroxyl groups is 1. The van der Waals surface area contributed by atoms with Gasteiger partial charge in [-0.15, -0.1) is 4.91 Å². The topological polar surface area (TPSA) is 67.0 Å². The zero-order valence-corrected chi connectivity index (χ0v) is 12.0. The highest BCUT2D eigenvalue weighted by atomic mass is 35.5. The van der Waals surface area contributed by atoms with E-state index in [1.54, 1.807) is 34.9 Å². The number of nitroso groups, excluding NO2 is 1. The van der Waals surface area contributed by atoms with Crippen molar-refractivity contribution >= 4 is 23.1 Å². The van der Waals surface area contributed by atoms with Crippen molar-refractivity contribution < 1.29 is 5.11 Å². The predicted octanol–water partition coefficient (Wildman–Crippen LogP) is 3.85. The first-order valence-corrected chi connectivity index (χ1v) is 6.73. The van der Waals surface area contributed by atoms with Crippen molar-refractivity contribution in [1.82, 2.24) is 9.38 Å². The maximum Gasteiger partial charge on any atom is 0.209 e. The Morgan fingerprint density at radius 2 is 2.14 bits per heavy atom. The lowest BCUT2D eigenvalue weighted by Gasteiger charge is -2.03. The van der Waals surface area contributed by atoms with Crippen LogP contribution in [0.25, 0.3) is 16.9 Å². The second-order valence-electron chi connectivity index (χ2n) is 4.76. The predicted molar refractivity (Wildman–Crippen MR) is 81.8 cm³/mol. The molecule has 0 fully saturated rings. The number of benzene rings is 1. The molecule has 0 aliphatic heterocycles. The zero-order chi connectivity index (χ0) is 15.0. The SMILES string of the molecule is Cc1ccc(Cl)cc1-c1nc2cc(CO)ccn2c1N=O. The summed E-state index contributed by atoms with van der Waals surface area (Å²) < 4.78 is 1.60. The number of fused-ring (bicyclic) bond motifs is 1. The number of aryl methyl sites for hydroxylation is 1. The van der Waals surface area contributed by atoms with Gasteiger partial charge in [0.05, 0.1) is 6.61 Å². The van der Waals surface area contributed by atoms with E-state index in [0.29, 0.717) is 16.4 Å². The summed E-state index contributed by atoms with van der Waals surface area (Å²) >= 11 is 6.03. The third-order valence-corrected chi connectivity index (χ3v) is 3.62. The van der Waals surface area contributed by atoms with E-state index in [4.69, 9.17) is 11.6 Å². The summed E-state index contributed by atoms with van der Waals surface area (Å²) in [6.07, 6.45) is 1.67. The molecular formula is C15H12ClN3O2. The molecule has 0 radical (unpaired) electrons. The highest BCUT2D eigenvalue weighted by Crippen LogP contribution is 2.34. The van der Waals surface area contributed by atoms with Crippen LogP contribution < -0.4 is 0 Å². The molecule has 0 saturated heterocycles. The first-order valence-electron chi connectivity index (χ1n) is 6.35. The van der Waals surface area contributed by atoms with Crippen LogP contribution in [0, 0.1) is 11.8 Å². The van der Waals surface area contributed by atoms with Crippen molar-refractivity contribution in [2.45, 2.75) is 13.5 Å². The molecule has 0 aliphatic rings. The molecule has 2 heterocycles. The Morgan fingerprint density at radius 3 is 2.86 bits per heavy atom. The minimum atomic E-state index is -0.0846.